The summed E-state index contributed by atoms with van der Waals surface area (Å²) < 4.78 is 0. The van der Waals surface area contributed by atoms with E-state index in [1.54, 1.807) is 12.4 Å². The minimum absolute atomic E-state index is 0.0288. The van der Waals surface area contributed by atoms with Crippen molar-refractivity contribution in [1.82, 2.24) is 15.6 Å². The van der Waals surface area contributed by atoms with Crippen molar-refractivity contribution in [1.29, 1.82) is 0 Å². The van der Waals surface area contributed by atoms with Crippen LogP contribution in [-0.4, -0.2) is 24.0 Å². The van der Waals surface area contributed by atoms with Crippen LogP contribution < -0.4 is 10.6 Å². The van der Waals surface area contributed by atoms with Crippen LogP contribution in [0.1, 0.15) is 51.1 Å². The van der Waals surface area contributed by atoms with Crippen LogP contribution in [0.15, 0.2) is 24.5 Å². The Morgan fingerprint density at radius 3 is 2.85 bits per heavy atom. The Kier molecular flexibility index (Phi) is 5.12. The largest absolute Gasteiger partial charge is 0.349 e. The van der Waals surface area contributed by atoms with Crippen LogP contribution in [-0.2, 0) is 4.79 Å². The number of nitrogens with zero attached hydrogens (tertiary/aromatic N) is 1. The molecule has 2 rings (SSSR count). The Morgan fingerprint density at radius 2 is 2.25 bits per heavy atom. The minimum Gasteiger partial charge on any atom is -0.349 e. The highest BCUT2D eigenvalue weighted by Gasteiger charge is 2.39. The summed E-state index contributed by atoms with van der Waals surface area (Å²) in [5.74, 6) is 0.191. The average molecular weight is 275 g/mol. The smallest absolute Gasteiger partial charge is 0.227 e. The van der Waals surface area contributed by atoms with Crippen molar-refractivity contribution in [2.75, 3.05) is 13.1 Å². The zero-order valence-corrected chi connectivity index (χ0v) is 12.5. The van der Waals surface area contributed by atoms with E-state index < -0.39 is 0 Å². The summed E-state index contributed by atoms with van der Waals surface area (Å²) >= 11 is 0. The summed E-state index contributed by atoms with van der Waals surface area (Å²) in [4.78, 5) is 16.7. The molecule has 1 saturated heterocycles. The molecule has 0 spiro atoms. The van der Waals surface area contributed by atoms with E-state index >= 15 is 0 Å². The first-order valence-corrected chi connectivity index (χ1v) is 7.59. The number of rotatable bonds is 5. The Bertz CT molecular complexity index is 421. The Balaban J connectivity index is 2.05. The van der Waals surface area contributed by atoms with E-state index in [-0.39, 0.29) is 17.4 Å². The van der Waals surface area contributed by atoms with Gasteiger partial charge >= 0.3 is 0 Å². The van der Waals surface area contributed by atoms with Gasteiger partial charge < -0.3 is 10.6 Å². The normalized spacial score (nSPS) is 24.1. The van der Waals surface area contributed by atoms with E-state index in [0.29, 0.717) is 0 Å². The van der Waals surface area contributed by atoms with Gasteiger partial charge in [-0.3, -0.25) is 9.78 Å². The first-order valence-electron chi connectivity index (χ1n) is 7.59. The second-order valence-corrected chi connectivity index (χ2v) is 5.79. The van der Waals surface area contributed by atoms with Crippen LogP contribution in [0.25, 0.3) is 0 Å². The Morgan fingerprint density at radius 1 is 1.50 bits per heavy atom. The van der Waals surface area contributed by atoms with Crippen molar-refractivity contribution in [2.45, 2.75) is 45.6 Å². The summed E-state index contributed by atoms with van der Waals surface area (Å²) in [6.45, 7) is 6.01. The molecule has 0 saturated carbocycles. The number of aromatic nitrogens is 1. The van der Waals surface area contributed by atoms with Gasteiger partial charge in [0.05, 0.1) is 11.5 Å². The minimum atomic E-state index is -0.228. The summed E-state index contributed by atoms with van der Waals surface area (Å²) in [6, 6.07) is 3.94. The number of pyridine rings is 1. The van der Waals surface area contributed by atoms with Crippen molar-refractivity contribution < 1.29 is 4.79 Å². The fourth-order valence-corrected chi connectivity index (χ4v) is 3.05. The number of carbonyl (C=O) groups is 1. The highest BCUT2D eigenvalue weighted by molar-refractivity contribution is 5.83. The molecule has 0 bridgehead atoms. The molecule has 0 aromatic carbocycles. The van der Waals surface area contributed by atoms with Crippen LogP contribution in [0.2, 0.25) is 0 Å². The molecule has 1 amide bonds. The number of amides is 1. The van der Waals surface area contributed by atoms with Gasteiger partial charge in [0.2, 0.25) is 5.91 Å². The molecular formula is C16H25N3O. The second kappa shape index (κ2) is 6.84. The van der Waals surface area contributed by atoms with E-state index in [1.807, 2.05) is 19.1 Å². The highest BCUT2D eigenvalue weighted by atomic mass is 16.2. The molecule has 1 aliphatic heterocycles. The molecule has 1 aromatic rings. The van der Waals surface area contributed by atoms with Crippen molar-refractivity contribution in [2.24, 2.45) is 5.41 Å². The third-order valence-electron chi connectivity index (χ3n) is 4.24. The van der Waals surface area contributed by atoms with Crippen LogP contribution >= 0.6 is 0 Å². The zero-order valence-electron chi connectivity index (χ0n) is 12.5. The van der Waals surface area contributed by atoms with Crippen molar-refractivity contribution in [3.05, 3.63) is 30.1 Å². The van der Waals surface area contributed by atoms with Crippen LogP contribution in [0, 0.1) is 5.41 Å². The first-order chi connectivity index (χ1) is 9.68. The van der Waals surface area contributed by atoms with Crippen molar-refractivity contribution in [3.8, 4) is 0 Å². The lowest BCUT2D eigenvalue weighted by atomic mass is 9.76. The van der Waals surface area contributed by atoms with Gasteiger partial charge in [0.15, 0.2) is 0 Å². The fourth-order valence-electron chi connectivity index (χ4n) is 3.05. The van der Waals surface area contributed by atoms with E-state index in [0.717, 1.165) is 44.3 Å². The monoisotopic (exact) mass is 275 g/mol. The maximum atomic E-state index is 12.7. The molecule has 2 heterocycles. The number of hydrogen-bond acceptors (Lipinski definition) is 3. The molecule has 110 valence electrons. The molecule has 1 aliphatic rings. The van der Waals surface area contributed by atoms with Crippen molar-refractivity contribution >= 4 is 5.91 Å². The van der Waals surface area contributed by atoms with Gasteiger partial charge in [-0.25, -0.2) is 0 Å². The molecule has 20 heavy (non-hydrogen) atoms. The molecule has 0 radical (unpaired) electrons. The van der Waals surface area contributed by atoms with Gasteiger partial charge in [-0.05, 0) is 50.4 Å². The SMILES string of the molecule is CCCC1(C(=O)N[C@@H](C)c2ccncc2)CCCNC1. The molecule has 4 heteroatoms. The Labute approximate surface area is 121 Å². The lowest BCUT2D eigenvalue weighted by Gasteiger charge is -2.37. The van der Waals surface area contributed by atoms with Crippen LogP contribution in [0.3, 0.4) is 0 Å². The third kappa shape index (κ3) is 3.37. The fraction of sp³-hybridized carbons (Fsp3) is 0.625. The molecule has 1 aromatic heterocycles. The van der Waals surface area contributed by atoms with Gasteiger partial charge in [0.25, 0.3) is 0 Å². The Hall–Kier alpha value is -1.42. The van der Waals surface area contributed by atoms with Crippen molar-refractivity contribution in [3.63, 3.8) is 0 Å². The molecule has 1 unspecified atom stereocenters. The standard InChI is InChI=1S/C16H25N3O/c1-3-7-16(8-4-9-18-12-16)15(20)19-13(2)14-5-10-17-11-6-14/h5-6,10-11,13,18H,3-4,7-9,12H2,1-2H3,(H,19,20)/t13-,16?/m0/s1. The third-order valence-corrected chi connectivity index (χ3v) is 4.24. The second-order valence-electron chi connectivity index (χ2n) is 5.79. The maximum absolute atomic E-state index is 12.7. The molecule has 1 fully saturated rings. The van der Waals surface area contributed by atoms with E-state index in [1.165, 1.54) is 0 Å². The topological polar surface area (TPSA) is 54.0 Å². The van der Waals surface area contributed by atoms with Gasteiger partial charge in [0.1, 0.15) is 0 Å². The van der Waals surface area contributed by atoms with Gasteiger partial charge in [-0.2, -0.15) is 0 Å². The molecular weight excluding hydrogens is 250 g/mol. The van der Waals surface area contributed by atoms with E-state index in [4.69, 9.17) is 0 Å². The summed E-state index contributed by atoms with van der Waals surface area (Å²) in [6.07, 6.45) is 7.59. The molecule has 0 aliphatic carbocycles. The number of piperidine rings is 1. The lowest BCUT2D eigenvalue weighted by Crippen LogP contribution is -2.50. The highest BCUT2D eigenvalue weighted by Crippen LogP contribution is 2.32. The molecule has 2 atom stereocenters. The number of hydrogen-bond donors (Lipinski definition) is 2. The van der Waals surface area contributed by atoms with Gasteiger partial charge in [0, 0.05) is 18.9 Å². The number of nitrogens with one attached hydrogen (secondary N) is 2. The predicted octanol–water partition coefficient (Wildman–Crippen LogP) is 2.43. The molecule has 2 N–H and O–H groups in total. The average Bonchev–Trinajstić information content (AvgIpc) is 2.49. The van der Waals surface area contributed by atoms with Crippen LogP contribution in [0.5, 0.6) is 0 Å². The maximum Gasteiger partial charge on any atom is 0.227 e. The lowest BCUT2D eigenvalue weighted by molar-refractivity contribution is -0.133. The van der Waals surface area contributed by atoms with Gasteiger partial charge in [-0.15, -0.1) is 0 Å². The van der Waals surface area contributed by atoms with E-state index in [9.17, 15) is 4.79 Å². The number of carbonyl (C=O) groups excluding carboxylic acids is 1. The first kappa shape index (κ1) is 15.0. The summed E-state index contributed by atoms with van der Waals surface area (Å²) in [7, 11) is 0. The van der Waals surface area contributed by atoms with Crippen LogP contribution in [0.4, 0.5) is 0 Å². The predicted molar refractivity (Wildman–Crippen MR) is 80.2 cm³/mol. The quantitative estimate of drug-likeness (QED) is 0.867. The zero-order chi connectivity index (χ0) is 14.4. The molecule has 4 nitrogen and oxygen atoms in total. The summed E-state index contributed by atoms with van der Waals surface area (Å²) in [5.41, 5.74) is 0.873. The summed E-state index contributed by atoms with van der Waals surface area (Å²) in [5, 5.41) is 6.57. The van der Waals surface area contributed by atoms with Gasteiger partial charge in [-0.1, -0.05) is 13.3 Å². The van der Waals surface area contributed by atoms with E-state index in [2.05, 4.69) is 22.5 Å².